The Balaban J connectivity index is 1.87. The summed E-state index contributed by atoms with van der Waals surface area (Å²) in [7, 11) is -1.75. The maximum atomic E-state index is 13.3. The highest BCUT2D eigenvalue weighted by molar-refractivity contribution is 7.94. The van der Waals surface area contributed by atoms with Crippen LogP contribution >= 0.6 is 0 Å². The van der Waals surface area contributed by atoms with Crippen molar-refractivity contribution in [2.24, 2.45) is 0 Å². The first-order valence-corrected chi connectivity index (χ1v) is 11.3. The van der Waals surface area contributed by atoms with Crippen LogP contribution in [0.25, 0.3) is 0 Å². The van der Waals surface area contributed by atoms with Gasteiger partial charge in [0, 0.05) is 16.7 Å². The van der Waals surface area contributed by atoms with E-state index in [0.29, 0.717) is 29.4 Å². The van der Waals surface area contributed by atoms with E-state index in [-0.39, 0.29) is 11.7 Å². The van der Waals surface area contributed by atoms with Crippen LogP contribution in [-0.2, 0) is 9.84 Å². The number of carbonyl (C=O) groups excluding carboxylic acids is 1. The number of anilines is 1. The topological polar surface area (TPSA) is 72.9 Å². The minimum absolute atomic E-state index is 0.136. The number of carbonyl (C=O) groups is 1. The van der Waals surface area contributed by atoms with Crippen LogP contribution in [0.5, 0.6) is 11.5 Å². The minimum atomic E-state index is -3.32. The average molecular weight is 416 g/mol. The molecule has 1 heterocycles. The van der Waals surface area contributed by atoms with Gasteiger partial charge in [0.1, 0.15) is 11.5 Å². The number of hydrogen-bond acceptors (Lipinski definition) is 5. The van der Waals surface area contributed by atoms with Crippen LogP contribution in [0, 0.1) is 0 Å². The van der Waals surface area contributed by atoms with Gasteiger partial charge in [0.25, 0.3) is 5.91 Å². The van der Waals surface area contributed by atoms with E-state index in [1.807, 2.05) is 0 Å². The Labute approximate surface area is 171 Å². The Kier molecular flexibility index (Phi) is 6.59. The lowest BCUT2D eigenvalue weighted by Gasteiger charge is -2.28. The van der Waals surface area contributed by atoms with Crippen molar-refractivity contribution in [3.63, 3.8) is 0 Å². The fraction of sp³-hybridized carbons (Fsp3) is 0.318. The summed E-state index contributed by atoms with van der Waals surface area (Å²) < 4.78 is 34.7. The molecular formula is C22H25NO5S. The van der Waals surface area contributed by atoms with E-state index in [2.05, 4.69) is 6.92 Å². The second-order valence-corrected chi connectivity index (χ2v) is 8.76. The lowest BCUT2D eigenvalue weighted by Crippen LogP contribution is -2.41. The Morgan fingerprint density at radius 2 is 1.72 bits per heavy atom. The van der Waals surface area contributed by atoms with Crippen molar-refractivity contribution in [3.8, 4) is 11.5 Å². The molecule has 3 rings (SSSR count). The number of ether oxygens (including phenoxy) is 2. The minimum Gasteiger partial charge on any atom is -0.497 e. The molecule has 0 fully saturated rings. The van der Waals surface area contributed by atoms with Gasteiger partial charge in [0.2, 0.25) is 0 Å². The van der Waals surface area contributed by atoms with Gasteiger partial charge in [-0.1, -0.05) is 13.3 Å². The zero-order valence-electron chi connectivity index (χ0n) is 16.6. The summed E-state index contributed by atoms with van der Waals surface area (Å²) in [6.07, 6.45) is 3.57. The molecule has 29 heavy (non-hydrogen) atoms. The molecule has 0 saturated carbocycles. The summed E-state index contributed by atoms with van der Waals surface area (Å²) >= 11 is 0. The highest BCUT2D eigenvalue weighted by atomic mass is 32.2. The molecule has 1 atom stereocenters. The van der Waals surface area contributed by atoms with Gasteiger partial charge >= 0.3 is 0 Å². The van der Waals surface area contributed by atoms with Crippen LogP contribution in [0.2, 0.25) is 0 Å². The Morgan fingerprint density at radius 3 is 2.28 bits per heavy atom. The van der Waals surface area contributed by atoms with Gasteiger partial charge in [-0.05, 0) is 61.0 Å². The summed E-state index contributed by atoms with van der Waals surface area (Å²) in [6, 6.07) is 13.3. The Morgan fingerprint density at radius 1 is 1.07 bits per heavy atom. The smallest absolute Gasteiger partial charge is 0.258 e. The number of nitrogens with zero attached hydrogens (tertiary/aromatic N) is 1. The van der Waals surface area contributed by atoms with E-state index in [9.17, 15) is 13.2 Å². The number of benzene rings is 2. The van der Waals surface area contributed by atoms with Crippen LogP contribution in [-0.4, -0.2) is 39.8 Å². The van der Waals surface area contributed by atoms with E-state index < -0.39 is 15.9 Å². The summed E-state index contributed by atoms with van der Waals surface area (Å²) in [5, 5.41) is 1.17. The molecule has 7 heteroatoms. The SMILES string of the molecule is CCCCOc1ccc(C(=O)N(c2ccc(OC)cc2)[C@H]2C=CS(=O)(=O)C2)cc1. The number of sulfone groups is 1. The standard InChI is InChI=1S/C22H25NO5S/c1-3-4-14-28-21-9-5-17(6-10-21)22(24)23(19-13-15-29(25,26)16-19)18-7-11-20(27-2)12-8-18/h5-13,15,19H,3-4,14,16H2,1-2H3/t19-/m0/s1. The second kappa shape index (κ2) is 9.13. The van der Waals surface area contributed by atoms with Crippen molar-refractivity contribution >= 4 is 21.4 Å². The zero-order valence-corrected chi connectivity index (χ0v) is 17.4. The van der Waals surface area contributed by atoms with Crippen LogP contribution in [0.3, 0.4) is 0 Å². The fourth-order valence-electron chi connectivity index (χ4n) is 3.09. The third kappa shape index (κ3) is 5.17. The number of rotatable bonds is 8. The molecule has 1 amide bonds. The monoisotopic (exact) mass is 415 g/mol. The first-order valence-electron chi connectivity index (χ1n) is 9.55. The van der Waals surface area contributed by atoms with Crippen molar-refractivity contribution in [1.82, 2.24) is 0 Å². The molecule has 0 aliphatic carbocycles. The quantitative estimate of drug-likeness (QED) is 0.613. The predicted octanol–water partition coefficient (Wildman–Crippen LogP) is 3.83. The molecule has 154 valence electrons. The van der Waals surface area contributed by atoms with Crippen molar-refractivity contribution < 1.29 is 22.7 Å². The highest BCUT2D eigenvalue weighted by Gasteiger charge is 2.32. The van der Waals surface area contributed by atoms with Gasteiger partial charge in [-0.3, -0.25) is 4.79 Å². The fourth-order valence-corrected chi connectivity index (χ4v) is 4.36. The predicted molar refractivity (Wildman–Crippen MR) is 113 cm³/mol. The molecule has 0 N–H and O–H groups in total. The molecule has 6 nitrogen and oxygen atoms in total. The summed E-state index contributed by atoms with van der Waals surface area (Å²) in [4.78, 5) is 14.8. The lowest BCUT2D eigenvalue weighted by molar-refractivity contribution is 0.0983. The molecular weight excluding hydrogens is 390 g/mol. The third-order valence-electron chi connectivity index (χ3n) is 4.68. The van der Waals surface area contributed by atoms with E-state index >= 15 is 0 Å². The summed E-state index contributed by atoms with van der Waals surface area (Å²) in [5.74, 6) is 0.948. The largest absolute Gasteiger partial charge is 0.497 e. The van der Waals surface area contributed by atoms with Crippen LogP contribution in [0.4, 0.5) is 5.69 Å². The van der Waals surface area contributed by atoms with Gasteiger partial charge in [0.15, 0.2) is 9.84 Å². The van der Waals surface area contributed by atoms with E-state index in [1.165, 1.54) is 10.3 Å². The first-order chi connectivity index (χ1) is 13.9. The second-order valence-electron chi connectivity index (χ2n) is 6.82. The first kappa shape index (κ1) is 20.9. The molecule has 0 spiro atoms. The maximum absolute atomic E-state index is 13.3. The normalized spacial score (nSPS) is 17.1. The van der Waals surface area contributed by atoms with Gasteiger partial charge in [-0.15, -0.1) is 0 Å². The molecule has 0 radical (unpaired) electrons. The number of hydrogen-bond donors (Lipinski definition) is 0. The molecule has 1 aliphatic rings. The van der Waals surface area contributed by atoms with E-state index in [1.54, 1.807) is 61.7 Å². The van der Waals surface area contributed by atoms with Gasteiger partial charge in [-0.25, -0.2) is 8.42 Å². The Bertz CT molecular complexity index is 965. The van der Waals surface area contributed by atoms with Crippen molar-refractivity contribution in [1.29, 1.82) is 0 Å². The van der Waals surface area contributed by atoms with Gasteiger partial charge in [-0.2, -0.15) is 0 Å². The van der Waals surface area contributed by atoms with Crippen LogP contribution in [0.15, 0.2) is 60.0 Å². The maximum Gasteiger partial charge on any atom is 0.258 e. The lowest BCUT2D eigenvalue weighted by atomic mass is 10.1. The van der Waals surface area contributed by atoms with Crippen LogP contribution < -0.4 is 14.4 Å². The van der Waals surface area contributed by atoms with Crippen molar-refractivity contribution in [3.05, 3.63) is 65.6 Å². The molecule has 0 bridgehead atoms. The Hall–Kier alpha value is -2.80. The summed E-state index contributed by atoms with van der Waals surface area (Å²) in [5.41, 5.74) is 1.06. The number of unbranched alkanes of at least 4 members (excludes halogenated alkanes) is 1. The molecule has 0 unspecified atom stereocenters. The number of amides is 1. The average Bonchev–Trinajstić information content (AvgIpc) is 3.08. The summed E-state index contributed by atoms with van der Waals surface area (Å²) in [6.45, 7) is 2.73. The van der Waals surface area contributed by atoms with Crippen molar-refractivity contribution in [2.75, 3.05) is 24.4 Å². The molecule has 2 aromatic carbocycles. The number of methoxy groups -OCH3 is 1. The molecule has 1 aliphatic heterocycles. The van der Waals surface area contributed by atoms with E-state index in [0.717, 1.165) is 12.8 Å². The van der Waals surface area contributed by atoms with E-state index in [4.69, 9.17) is 9.47 Å². The van der Waals surface area contributed by atoms with Crippen molar-refractivity contribution in [2.45, 2.75) is 25.8 Å². The molecule has 0 saturated heterocycles. The van der Waals surface area contributed by atoms with Crippen LogP contribution in [0.1, 0.15) is 30.1 Å². The van der Waals surface area contributed by atoms with Gasteiger partial charge < -0.3 is 14.4 Å². The van der Waals surface area contributed by atoms with Gasteiger partial charge in [0.05, 0.1) is 25.5 Å². The molecule has 2 aromatic rings. The molecule has 0 aromatic heterocycles. The zero-order chi connectivity index (χ0) is 20.9. The third-order valence-corrected chi connectivity index (χ3v) is 6.06. The highest BCUT2D eigenvalue weighted by Crippen LogP contribution is 2.27.